The maximum absolute atomic E-state index is 11.6. The van der Waals surface area contributed by atoms with Gasteiger partial charge >= 0.3 is 11.9 Å². The van der Waals surface area contributed by atoms with Gasteiger partial charge in [0.2, 0.25) is 0 Å². The monoisotopic (exact) mass is 231 g/mol. The normalized spacial score (nSPS) is 14.5. The molecule has 0 amide bonds. The summed E-state index contributed by atoms with van der Waals surface area (Å²) in [6.45, 7) is 3.18. The number of rotatable bonds is 7. The third-order valence-electron chi connectivity index (χ3n) is 2.33. The van der Waals surface area contributed by atoms with Crippen LogP contribution in [0.5, 0.6) is 0 Å². The molecule has 16 heavy (non-hydrogen) atoms. The second-order valence-electron chi connectivity index (χ2n) is 3.86. The Bertz CT molecular complexity index is 287. The van der Waals surface area contributed by atoms with Gasteiger partial charge in [0.05, 0.1) is 0 Å². The standard InChI is InChI=1S/C10H17NO5/c1-5(2)8(12)6(9(13)14)4-7(11-3)10(15)16/h5-7,11H,4H2,1-3H3,(H,13,14)(H,15,16). The van der Waals surface area contributed by atoms with E-state index in [9.17, 15) is 14.4 Å². The summed E-state index contributed by atoms with van der Waals surface area (Å²) in [5.41, 5.74) is 0. The van der Waals surface area contributed by atoms with Crippen LogP contribution in [-0.4, -0.2) is 41.0 Å². The fourth-order valence-corrected chi connectivity index (χ4v) is 1.32. The molecule has 92 valence electrons. The molecule has 0 saturated carbocycles. The van der Waals surface area contributed by atoms with E-state index in [0.717, 1.165) is 0 Å². The van der Waals surface area contributed by atoms with Crippen LogP contribution in [0.2, 0.25) is 0 Å². The molecule has 0 spiro atoms. The number of carbonyl (C=O) groups excluding carboxylic acids is 1. The van der Waals surface area contributed by atoms with Crippen molar-refractivity contribution < 1.29 is 24.6 Å². The number of Topliss-reactive ketones (excluding diaryl/α,β-unsaturated/α-hetero) is 1. The molecule has 0 aromatic carbocycles. The molecular weight excluding hydrogens is 214 g/mol. The van der Waals surface area contributed by atoms with Crippen molar-refractivity contribution in [2.24, 2.45) is 11.8 Å². The van der Waals surface area contributed by atoms with Crippen LogP contribution in [0, 0.1) is 11.8 Å². The average molecular weight is 231 g/mol. The first-order chi connectivity index (χ1) is 7.31. The van der Waals surface area contributed by atoms with E-state index in [4.69, 9.17) is 10.2 Å². The van der Waals surface area contributed by atoms with Crippen molar-refractivity contribution in [3.63, 3.8) is 0 Å². The van der Waals surface area contributed by atoms with E-state index in [1.54, 1.807) is 13.8 Å². The van der Waals surface area contributed by atoms with Gasteiger partial charge in [0.15, 0.2) is 0 Å². The molecule has 0 saturated heterocycles. The Hall–Kier alpha value is -1.43. The zero-order valence-electron chi connectivity index (χ0n) is 9.56. The Kier molecular flexibility index (Phi) is 5.66. The van der Waals surface area contributed by atoms with E-state index < -0.39 is 35.6 Å². The summed E-state index contributed by atoms with van der Waals surface area (Å²) in [7, 11) is 1.41. The Balaban J connectivity index is 4.75. The number of carbonyl (C=O) groups is 3. The van der Waals surface area contributed by atoms with Crippen LogP contribution in [0.15, 0.2) is 0 Å². The summed E-state index contributed by atoms with van der Waals surface area (Å²) in [6.07, 6.45) is -0.238. The third kappa shape index (κ3) is 3.98. The van der Waals surface area contributed by atoms with Crippen molar-refractivity contribution in [2.45, 2.75) is 26.3 Å². The molecule has 6 nitrogen and oxygen atoms in total. The first-order valence-electron chi connectivity index (χ1n) is 4.97. The van der Waals surface area contributed by atoms with Gasteiger partial charge in [-0.05, 0) is 13.5 Å². The molecule has 6 heteroatoms. The minimum absolute atomic E-state index is 0.238. The topological polar surface area (TPSA) is 104 Å². The van der Waals surface area contributed by atoms with Crippen LogP contribution in [0.1, 0.15) is 20.3 Å². The quantitative estimate of drug-likeness (QED) is 0.532. The highest BCUT2D eigenvalue weighted by Gasteiger charge is 2.32. The number of carboxylic acids is 2. The van der Waals surface area contributed by atoms with Gasteiger partial charge in [0.1, 0.15) is 17.7 Å². The van der Waals surface area contributed by atoms with Crippen LogP contribution in [-0.2, 0) is 14.4 Å². The lowest BCUT2D eigenvalue weighted by molar-refractivity contribution is -0.148. The van der Waals surface area contributed by atoms with E-state index in [1.165, 1.54) is 7.05 Å². The van der Waals surface area contributed by atoms with Gasteiger partial charge in [-0.2, -0.15) is 0 Å². The summed E-state index contributed by atoms with van der Waals surface area (Å²) >= 11 is 0. The zero-order valence-corrected chi connectivity index (χ0v) is 9.56. The maximum Gasteiger partial charge on any atom is 0.320 e. The molecule has 2 unspecified atom stereocenters. The Morgan fingerprint density at radius 2 is 1.62 bits per heavy atom. The van der Waals surface area contributed by atoms with Crippen molar-refractivity contribution in [1.29, 1.82) is 0 Å². The van der Waals surface area contributed by atoms with Crippen LogP contribution < -0.4 is 5.32 Å². The van der Waals surface area contributed by atoms with Gasteiger partial charge in [0, 0.05) is 5.92 Å². The molecule has 0 aliphatic rings. The van der Waals surface area contributed by atoms with E-state index in [1.807, 2.05) is 0 Å². The minimum atomic E-state index is -1.28. The molecule has 0 radical (unpaired) electrons. The summed E-state index contributed by atoms with van der Waals surface area (Å²) in [5.74, 6) is -4.58. The number of ketones is 1. The number of hydrogen-bond acceptors (Lipinski definition) is 4. The second kappa shape index (κ2) is 6.22. The first kappa shape index (κ1) is 14.6. The minimum Gasteiger partial charge on any atom is -0.481 e. The van der Waals surface area contributed by atoms with Crippen molar-refractivity contribution in [1.82, 2.24) is 5.32 Å². The molecule has 0 heterocycles. The molecule has 0 bridgehead atoms. The van der Waals surface area contributed by atoms with Gasteiger partial charge in [-0.25, -0.2) is 0 Å². The van der Waals surface area contributed by atoms with Crippen molar-refractivity contribution >= 4 is 17.7 Å². The highest BCUT2D eigenvalue weighted by atomic mass is 16.4. The molecular formula is C10H17NO5. The zero-order chi connectivity index (χ0) is 12.9. The Labute approximate surface area is 93.6 Å². The summed E-state index contributed by atoms with van der Waals surface area (Å²) in [6, 6.07) is -1.02. The fourth-order valence-electron chi connectivity index (χ4n) is 1.32. The Morgan fingerprint density at radius 1 is 1.12 bits per heavy atom. The van der Waals surface area contributed by atoms with Crippen LogP contribution in [0.4, 0.5) is 0 Å². The van der Waals surface area contributed by atoms with E-state index >= 15 is 0 Å². The highest BCUT2D eigenvalue weighted by molar-refractivity contribution is 5.99. The van der Waals surface area contributed by atoms with Crippen molar-refractivity contribution in [2.75, 3.05) is 7.05 Å². The van der Waals surface area contributed by atoms with Crippen molar-refractivity contribution in [3.8, 4) is 0 Å². The fraction of sp³-hybridized carbons (Fsp3) is 0.700. The predicted molar refractivity (Wildman–Crippen MR) is 56.1 cm³/mol. The lowest BCUT2D eigenvalue weighted by atomic mass is 9.89. The van der Waals surface area contributed by atoms with E-state index in [2.05, 4.69) is 5.32 Å². The summed E-state index contributed by atoms with van der Waals surface area (Å²) in [5, 5.41) is 20.1. The second-order valence-corrected chi connectivity index (χ2v) is 3.86. The first-order valence-corrected chi connectivity index (χ1v) is 4.97. The molecule has 0 aromatic heterocycles. The van der Waals surface area contributed by atoms with Crippen LogP contribution in [0.25, 0.3) is 0 Å². The van der Waals surface area contributed by atoms with Crippen LogP contribution in [0.3, 0.4) is 0 Å². The lowest BCUT2D eigenvalue weighted by Gasteiger charge is -2.17. The highest BCUT2D eigenvalue weighted by Crippen LogP contribution is 2.14. The molecule has 2 atom stereocenters. The molecule has 0 aromatic rings. The van der Waals surface area contributed by atoms with Gasteiger partial charge in [-0.1, -0.05) is 13.8 Å². The summed E-state index contributed by atoms with van der Waals surface area (Å²) < 4.78 is 0. The van der Waals surface area contributed by atoms with E-state index in [-0.39, 0.29) is 6.42 Å². The van der Waals surface area contributed by atoms with Crippen LogP contribution >= 0.6 is 0 Å². The maximum atomic E-state index is 11.6. The molecule has 0 fully saturated rings. The molecule has 3 N–H and O–H groups in total. The van der Waals surface area contributed by atoms with Gasteiger partial charge < -0.3 is 15.5 Å². The number of likely N-dealkylation sites (N-methyl/N-ethyl adjacent to an activating group) is 1. The van der Waals surface area contributed by atoms with Gasteiger partial charge in [-0.3, -0.25) is 14.4 Å². The predicted octanol–water partition coefficient (Wildman–Crippen LogP) is -0.0250. The van der Waals surface area contributed by atoms with Gasteiger partial charge in [-0.15, -0.1) is 0 Å². The summed E-state index contributed by atoms with van der Waals surface area (Å²) in [4.78, 5) is 33.1. The smallest absolute Gasteiger partial charge is 0.320 e. The molecule has 0 aliphatic heterocycles. The van der Waals surface area contributed by atoms with E-state index in [0.29, 0.717) is 0 Å². The lowest BCUT2D eigenvalue weighted by Crippen LogP contribution is -2.40. The average Bonchev–Trinajstić information content (AvgIpc) is 2.17. The third-order valence-corrected chi connectivity index (χ3v) is 2.33. The molecule has 0 rings (SSSR count). The number of nitrogens with one attached hydrogen (secondary N) is 1. The number of carboxylic acid groups (broad SMARTS) is 2. The van der Waals surface area contributed by atoms with Gasteiger partial charge in [0.25, 0.3) is 0 Å². The number of hydrogen-bond donors (Lipinski definition) is 3. The number of aliphatic carboxylic acids is 2. The largest absolute Gasteiger partial charge is 0.481 e. The SMILES string of the molecule is CNC(CC(C(=O)O)C(=O)C(C)C)C(=O)O. The van der Waals surface area contributed by atoms with Crippen molar-refractivity contribution in [3.05, 3.63) is 0 Å². The Morgan fingerprint density at radius 3 is 1.88 bits per heavy atom. The molecule has 0 aliphatic carbocycles.